The molecule has 24 heavy (non-hydrogen) atoms. The van der Waals surface area contributed by atoms with Crippen LogP contribution in [0.2, 0.25) is 0 Å². The topological polar surface area (TPSA) is 20.3 Å². The molecule has 1 aliphatic heterocycles. The van der Waals surface area contributed by atoms with Crippen molar-refractivity contribution in [2.24, 2.45) is 0 Å². The molecule has 1 heterocycles. The summed E-state index contributed by atoms with van der Waals surface area (Å²) in [5.41, 5.74) is 0. The van der Waals surface area contributed by atoms with Crippen LogP contribution < -0.4 is 0 Å². The van der Waals surface area contributed by atoms with Gasteiger partial charge in [-0.3, -0.25) is 4.79 Å². The molecule has 1 saturated heterocycles. The molecule has 1 amide bonds. The van der Waals surface area contributed by atoms with Crippen LogP contribution in [0, 0.1) is 0 Å². The Morgan fingerprint density at radius 2 is 1.33 bits per heavy atom. The van der Waals surface area contributed by atoms with Gasteiger partial charge in [-0.05, 0) is 44.9 Å². The normalized spacial score (nSPS) is 15.1. The molecule has 1 fully saturated rings. The van der Waals surface area contributed by atoms with E-state index in [0.717, 1.165) is 25.9 Å². The highest BCUT2D eigenvalue weighted by Crippen LogP contribution is 2.12. The Morgan fingerprint density at radius 1 is 0.792 bits per heavy atom. The smallest absolute Gasteiger partial charge is 0.222 e. The minimum absolute atomic E-state index is 0.386. The molecule has 0 bridgehead atoms. The molecule has 0 aromatic heterocycles. The third-order valence-corrected chi connectivity index (χ3v) is 4.83. The predicted molar refractivity (Wildman–Crippen MR) is 105 cm³/mol. The standard InChI is InChI=1S/C22H39NO/c1-2-3-4-5-6-7-8-9-10-11-12-13-14-15-16-19-22(24)23-20-17-18-21-23/h7-10H,2-6,11-21H2,1H3. The summed E-state index contributed by atoms with van der Waals surface area (Å²) in [6.07, 6.45) is 26.1. The van der Waals surface area contributed by atoms with Crippen LogP contribution in [0.1, 0.15) is 96.8 Å². The number of unbranched alkanes of at least 4 members (excludes halogenated alkanes) is 9. The number of nitrogens with zero attached hydrogens (tertiary/aromatic N) is 1. The Kier molecular flexibility index (Phi) is 13.5. The largest absolute Gasteiger partial charge is 0.343 e. The van der Waals surface area contributed by atoms with Gasteiger partial charge >= 0.3 is 0 Å². The number of allylic oxidation sites excluding steroid dienone is 4. The Bertz CT molecular complexity index is 353. The van der Waals surface area contributed by atoms with E-state index >= 15 is 0 Å². The summed E-state index contributed by atoms with van der Waals surface area (Å²) in [7, 11) is 0. The number of carbonyl (C=O) groups excluding carboxylic acids is 1. The van der Waals surface area contributed by atoms with Crippen molar-refractivity contribution in [1.29, 1.82) is 0 Å². The Morgan fingerprint density at radius 3 is 1.96 bits per heavy atom. The first-order chi connectivity index (χ1) is 11.8. The van der Waals surface area contributed by atoms with Gasteiger partial charge in [0.25, 0.3) is 0 Å². The summed E-state index contributed by atoms with van der Waals surface area (Å²) in [6, 6.07) is 0. The summed E-state index contributed by atoms with van der Waals surface area (Å²) in [5.74, 6) is 0.386. The number of rotatable bonds is 14. The van der Waals surface area contributed by atoms with Crippen LogP contribution in [0.3, 0.4) is 0 Å². The van der Waals surface area contributed by atoms with Crippen molar-refractivity contribution in [3.63, 3.8) is 0 Å². The number of carbonyl (C=O) groups is 1. The van der Waals surface area contributed by atoms with E-state index < -0.39 is 0 Å². The fourth-order valence-corrected chi connectivity index (χ4v) is 3.23. The van der Waals surface area contributed by atoms with E-state index in [4.69, 9.17) is 0 Å². The lowest BCUT2D eigenvalue weighted by atomic mass is 10.1. The first-order valence-corrected chi connectivity index (χ1v) is 10.4. The minimum atomic E-state index is 0.386. The SMILES string of the molecule is CCCCCCC=CC=CCCCCCCCC(=O)N1CCCC1. The highest BCUT2D eigenvalue weighted by Gasteiger charge is 2.16. The van der Waals surface area contributed by atoms with Gasteiger partial charge < -0.3 is 4.90 Å². The van der Waals surface area contributed by atoms with E-state index in [9.17, 15) is 4.79 Å². The molecule has 0 unspecified atom stereocenters. The first kappa shape index (κ1) is 21.0. The molecule has 0 radical (unpaired) electrons. The summed E-state index contributed by atoms with van der Waals surface area (Å²) in [4.78, 5) is 13.9. The van der Waals surface area contributed by atoms with Crippen LogP contribution in [0.5, 0.6) is 0 Å². The van der Waals surface area contributed by atoms with Crippen molar-refractivity contribution in [3.05, 3.63) is 24.3 Å². The van der Waals surface area contributed by atoms with Crippen molar-refractivity contribution >= 4 is 5.91 Å². The molecule has 0 aromatic carbocycles. The van der Waals surface area contributed by atoms with Gasteiger partial charge in [0.1, 0.15) is 0 Å². The first-order valence-electron chi connectivity index (χ1n) is 10.4. The second-order valence-electron chi connectivity index (χ2n) is 7.10. The van der Waals surface area contributed by atoms with Gasteiger partial charge in [0.15, 0.2) is 0 Å². The van der Waals surface area contributed by atoms with Gasteiger partial charge in [-0.2, -0.15) is 0 Å². The lowest BCUT2D eigenvalue weighted by Crippen LogP contribution is -2.27. The van der Waals surface area contributed by atoms with Gasteiger partial charge in [0.2, 0.25) is 5.91 Å². The Hall–Kier alpha value is -1.05. The van der Waals surface area contributed by atoms with Crippen LogP contribution in [0.15, 0.2) is 24.3 Å². The van der Waals surface area contributed by atoms with Crippen LogP contribution in [-0.2, 0) is 4.79 Å². The zero-order valence-electron chi connectivity index (χ0n) is 16.0. The van der Waals surface area contributed by atoms with Gasteiger partial charge in [-0.15, -0.1) is 0 Å². The average Bonchev–Trinajstić information content (AvgIpc) is 3.13. The summed E-state index contributed by atoms with van der Waals surface area (Å²) < 4.78 is 0. The highest BCUT2D eigenvalue weighted by molar-refractivity contribution is 5.76. The van der Waals surface area contributed by atoms with Crippen molar-refractivity contribution in [3.8, 4) is 0 Å². The minimum Gasteiger partial charge on any atom is -0.343 e. The van der Waals surface area contributed by atoms with E-state index in [1.54, 1.807) is 0 Å². The number of hydrogen-bond acceptors (Lipinski definition) is 1. The second kappa shape index (κ2) is 15.5. The van der Waals surface area contributed by atoms with Crippen molar-refractivity contribution in [1.82, 2.24) is 4.90 Å². The fraction of sp³-hybridized carbons (Fsp3) is 0.773. The van der Waals surface area contributed by atoms with E-state index in [-0.39, 0.29) is 0 Å². The van der Waals surface area contributed by atoms with E-state index in [1.807, 2.05) is 4.90 Å². The molecular weight excluding hydrogens is 294 g/mol. The maximum Gasteiger partial charge on any atom is 0.222 e. The monoisotopic (exact) mass is 333 g/mol. The Balaban J connectivity index is 1.82. The maximum atomic E-state index is 11.9. The molecule has 0 saturated carbocycles. The molecule has 1 rings (SSSR count). The average molecular weight is 334 g/mol. The molecule has 1 aliphatic rings. The molecule has 0 atom stereocenters. The van der Waals surface area contributed by atoms with Gasteiger partial charge in [0, 0.05) is 19.5 Å². The lowest BCUT2D eigenvalue weighted by Gasteiger charge is -2.14. The van der Waals surface area contributed by atoms with Crippen LogP contribution >= 0.6 is 0 Å². The molecule has 2 nitrogen and oxygen atoms in total. The van der Waals surface area contributed by atoms with Gasteiger partial charge in [-0.25, -0.2) is 0 Å². The second-order valence-corrected chi connectivity index (χ2v) is 7.10. The summed E-state index contributed by atoms with van der Waals surface area (Å²) >= 11 is 0. The van der Waals surface area contributed by atoms with E-state index in [2.05, 4.69) is 31.2 Å². The number of hydrogen-bond donors (Lipinski definition) is 0. The summed E-state index contributed by atoms with van der Waals surface area (Å²) in [6.45, 7) is 4.25. The molecule has 0 spiro atoms. The molecule has 0 aromatic rings. The lowest BCUT2D eigenvalue weighted by molar-refractivity contribution is -0.130. The van der Waals surface area contributed by atoms with Gasteiger partial charge in [0.05, 0.1) is 0 Å². The van der Waals surface area contributed by atoms with Crippen molar-refractivity contribution in [2.75, 3.05) is 13.1 Å². The fourth-order valence-electron chi connectivity index (χ4n) is 3.23. The van der Waals surface area contributed by atoms with Crippen LogP contribution in [0.25, 0.3) is 0 Å². The quantitative estimate of drug-likeness (QED) is 0.265. The van der Waals surface area contributed by atoms with E-state index in [1.165, 1.54) is 77.0 Å². The van der Waals surface area contributed by atoms with E-state index in [0.29, 0.717) is 5.91 Å². The zero-order valence-corrected chi connectivity index (χ0v) is 16.0. The maximum absolute atomic E-state index is 11.9. The molecule has 0 N–H and O–H groups in total. The number of amides is 1. The third-order valence-electron chi connectivity index (χ3n) is 4.83. The molecule has 0 aliphatic carbocycles. The highest BCUT2D eigenvalue weighted by atomic mass is 16.2. The van der Waals surface area contributed by atoms with Crippen molar-refractivity contribution < 1.29 is 4.79 Å². The Labute approximate surface area is 150 Å². The molecular formula is C22H39NO. The third kappa shape index (κ3) is 11.5. The van der Waals surface area contributed by atoms with Gasteiger partial charge in [-0.1, -0.05) is 69.8 Å². The summed E-state index contributed by atoms with van der Waals surface area (Å²) in [5, 5.41) is 0. The number of likely N-dealkylation sites (tertiary alicyclic amines) is 1. The zero-order chi connectivity index (χ0) is 17.3. The molecule has 138 valence electrons. The van der Waals surface area contributed by atoms with Crippen LogP contribution in [0.4, 0.5) is 0 Å². The molecule has 2 heteroatoms. The van der Waals surface area contributed by atoms with Crippen LogP contribution in [-0.4, -0.2) is 23.9 Å². The van der Waals surface area contributed by atoms with Crippen molar-refractivity contribution in [2.45, 2.75) is 96.8 Å². The predicted octanol–water partition coefficient (Wildman–Crippen LogP) is 6.42.